The lowest BCUT2D eigenvalue weighted by molar-refractivity contribution is 0.0680. The van der Waals surface area contributed by atoms with Crippen molar-refractivity contribution in [3.63, 3.8) is 0 Å². The maximum absolute atomic E-state index is 5.45. The lowest BCUT2D eigenvalue weighted by Crippen LogP contribution is -2.18. The Labute approximate surface area is 117 Å². The number of methoxy groups -OCH3 is 1. The molecule has 0 aromatic carbocycles. The van der Waals surface area contributed by atoms with Crippen LogP contribution in [-0.4, -0.2) is 38.0 Å². The molecule has 19 heavy (non-hydrogen) atoms. The van der Waals surface area contributed by atoms with E-state index in [2.05, 4.69) is 42.2 Å². The lowest BCUT2D eigenvalue weighted by Gasteiger charge is -2.11. The zero-order chi connectivity index (χ0) is 13.9. The summed E-state index contributed by atoms with van der Waals surface area (Å²) in [6, 6.07) is 2.62. The van der Waals surface area contributed by atoms with Crippen LogP contribution in [-0.2, 0) is 16.0 Å². The van der Waals surface area contributed by atoms with Gasteiger partial charge in [-0.2, -0.15) is 0 Å². The van der Waals surface area contributed by atoms with Crippen molar-refractivity contribution in [3.05, 3.63) is 24.0 Å². The molecule has 4 nitrogen and oxygen atoms in total. The second-order valence-corrected chi connectivity index (χ2v) is 4.82. The van der Waals surface area contributed by atoms with Gasteiger partial charge in [0, 0.05) is 38.7 Å². The summed E-state index contributed by atoms with van der Waals surface area (Å²) in [5.74, 6) is 0. The standard InChI is InChI=1S/C15H28N2O2/c1-4-7-16-14(2)15-6-9-17(13-15)8-5-10-19-12-11-18-3/h6,9,13-14,16H,4-5,7-8,10-12H2,1-3H3. The van der Waals surface area contributed by atoms with Gasteiger partial charge in [0.1, 0.15) is 0 Å². The number of aryl methyl sites for hydroxylation is 1. The molecule has 0 aliphatic rings. The van der Waals surface area contributed by atoms with Gasteiger partial charge in [0.15, 0.2) is 0 Å². The summed E-state index contributed by atoms with van der Waals surface area (Å²) in [5, 5.41) is 3.50. The number of ether oxygens (including phenoxy) is 2. The van der Waals surface area contributed by atoms with Crippen LogP contribution in [0, 0.1) is 0 Å². The molecule has 0 aliphatic carbocycles. The van der Waals surface area contributed by atoms with E-state index < -0.39 is 0 Å². The quantitative estimate of drug-likeness (QED) is 0.627. The van der Waals surface area contributed by atoms with Crippen molar-refractivity contribution in [2.45, 2.75) is 39.3 Å². The first-order valence-electron chi connectivity index (χ1n) is 7.23. The van der Waals surface area contributed by atoms with Crippen molar-refractivity contribution in [1.82, 2.24) is 9.88 Å². The Morgan fingerprint density at radius 2 is 2.16 bits per heavy atom. The third-order valence-electron chi connectivity index (χ3n) is 3.11. The molecular formula is C15H28N2O2. The van der Waals surface area contributed by atoms with Crippen LogP contribution in [0.2, 0.25) is 0 Å². The Kier molecular flexibility index (Phi) is 8.54. The van der Waals surface area contributed by atoms with Gasteiger partial charge in [-0.1, -0.05) is 6.92 Å². The van der Waals surface area contributed by atoms with E-state index >= 15 is 0 Å². The molecule has 0 spiro atoms. The van der Waals surface area contributed by atoms with Crippen LogP contribution in [0.25, 0.3) is 0 Å². The van der Waals surface area contributed by atoms with Gasteiger partial charge in [-0.3, -0.25) is 0 Å². The fourth-order valence-corrected chi connectivity index (χ4v) is 1.93. The lowest BCUT2D eigenvalue weighted by atomic mass is 10.2. The highest BCUT2D eigenvalue weighted by atomic mass is 16.5. The largest absolute Gasteiger partial charge is 0.382 e. The van der Waals surface area contributed by atoms with E-state index in [4.69, 9.17) is 9.47 Å². The summed E-state index contributed by atoms with van der Waals surface area (Å²) < 4.78 is 12.6. The first kappa shape index (κ1) is 16.2. The predicted molar refractivity (Wildman–Crippen MR) is 78.5 cm³/mol. The molecule has 1 rings (SSSR count). The Morgan fingerprint density at radius 1 is 1.32 bits per heavy atom. The first-order chi connectivity index (χ1) is 9.27. The van der Waals surface area contributed by atoms with E-state index in [1.54, 1.807) is 7.11 Å². The predicted octanol–water partition coefficient (Wildman–Crippen LogP) is 2.60. The number of nitrogens with one attached hydrogen (secondary N) is 1. The molecule has 0 amide bonds. The minimum absolute atomic E-state index is 0.430. The van der Waals surface area contributed by atoms with E-state index in [1.165, 1.54) is 12.0 Å². The third kappa shape index (κ3) is 6.76. The SMILES string of the molecule is CCCNC(C)c1ccn(CCCOCCOC)c1. The third-order valence-corrected chi connectivity index (χ3v) is 3.11. The molecule has 1 aromatic heterocycles. The molecule has 1 heterocycles. The van der Waals surface area contributed by atoms with Gasteiger partial charge < -0.3 is 19.4 Å². The topological polar surface area (TPSA) is 35.4 Å². The summed E-state index contributed by atoms with van der Waals surface area (Å²) in [6.07, 6.45) is 6.58. The highest BCUT2D eigenvalue weighted by Gasteiger charge is 2.05. The fourth-order valence-electron chi connectivity index (χ4n) is 1.93. The summed E-state index contributed by atoms with van der Waals surface area (Å²) in [5.41, 5.74) is 1.36. The Bertz CT molecular complexity index is 326. The van der Waals surface area contributed by atoms with Crippen LogP contribution in [0.15, 0.2) is 18.5 Å². The molecule has 1 aromatic rings. The normalized spacial score (nSPS) is 12.8. The maximum atomic E-state index is 5.45. The molecule has 110 valence electrons. The Balaban J connectivity index is 2.19. The van der Waals surface area contributed by atoms with Gasteiger partial charge in [0.25, 0.3) is 0 Å². The van der Waals surface area contributed by atoms with Crippen molar-refractivity contribution in [2.24, 2.45) is 0 Å². The van der Waals surface area contributed by atoms with Gasteiger partial charge in [-0.05, 0) is 37.9 Å². The Morgan fingerprint density at radius 3 is 2.89 bits per heavy atom. The van der Waals surface area contributed by atoms with E-state index in [1.807, 2.05) is 0 Å². The second kappa shape index (κ2) is 10.0. The summed E-state index contributed by atoms with van der Waals surface area (Å²) in [7, 11) is 1.69. The Hall–Kier alpha value is -0.840. The monoisotopic (exact) mass is 268 g/mol. The number of nitrogens with zero attached hydrogens (tertiary/aromatic N) is 1. The average molecular weight is 268 g/mol. The van der Waals surface area contributed by atoms with Crippen LogP contribution in [0.5, 0.6) is 0 Å². The molecule has 0 radical (unpaired) electrons. The van der Waals surface area contributed by atoms with Gasteiger partial charge in [0.2, 0.25) is 0 Å². The molecule has 4 heteroatoms. The van der Waals surface area contributed by atoms with E-state index in [-0.39, 0.29) is 0 Å². The highest BCUT2D eigenvalue weighted by Crippen LogP contribution is 2.12. The molecule has 0 saturated heterocycles. The number of aromatic nitrogens is 1. The van der Waals surface area contributed by atoms with Crippen LogP contribution >= 0.6 is 0 Å². The van der Waals surface area contributed by atoms with Crippen molar-refractivity contribution in [3.8, 4) is 0 Å². The minimum atomic E-state index is 0.430. The van der Waals surface area contributed by atoms with Gasteiger partial charge in [-0.15, -0.1) is 0 Å². The van der Waals surface area contributed by atoms with Crippen LogP contribution in [0.3, 0.4) is 0 Å². The molecule has 0 fully saturated rings. The summed E-state index contributed by atoms with van der Waals surface area (Å²) in [6.45, 7) is 8.63. The molecule has 1 atom stereocenters. The molecule has 1 unspecified atom stereocenters. The van der Waals surface area contributed by atoms with Crippen molar-refractivity contribution < 1.29 is 9.47 Å². The van der Waals surface area contributed by atoms with Crippen molar-refractivity contribution in [1.29, 1.82) is 0 Å². The van der Waals surface area contributed by atoms with Gasteiger partial charge in [-0.25, -0.2) is 0 Å². The minimum Gasteiger partial charge on any atom is -0.382 e. The highest BCUT2D eigenvalue weighted by molar-refractivity contribution is 5.14. The van der Waals surface area contributed by atoms with E-state index in [0.29, 0.717) is 19.3 Å². The average Bonchev–Trinajstić information content (AvgIpc) is 2.89. The molecule has 1 N–H and O–H groups in total. The number of hydrogen-bond donors (Lipinski definition) is 1. The molecule has 0 bridgehead atoms. The summed E-state index contributed by atoms with van der Waals surface area (Å²) in [4.78, 5) is 0. The zero-order valence-corrected chi connectivity index (χ0v) is 12.5. The van der Waals surface area contributed by atoms with E-state index in [0.717, 1.165) is 26.1 Å². The molecule has 0 saturated carbocycles. The molecular weight excluding hydrogens is 240 g/mol. The van der Waals surface area contributed by atoms with Crippen molar-refractivity contribution >= 4 is 0 Å². The van der Waals surface area contributed by atoms with E-state index in [9.17, 15) is 0 Å². The van der Waals surface area contributed by atoms with Crippen LogP contribution in [0.4, 0.5) is 0 Å². The first-order valence-corrected chi connectivity index (χ1v) is 7.23. The van der Waals surface area contributed by atoms with Crippen molar-refractivity contribution in [2.75, 3.05) is 33.5 Å². The summed E-state index contributed by atoms with van der Waals surface area (Å²) >= 11 is 0. The van der Waals surface area contributed by atoms with Gasteiger partial charge >= 0.3 is 0 Å². The van der Waals surface area contributed by atoms with Crippen LogP contribution in [0.1, 0.15) is 38.3 Å². The smallest absolute Gasteiger partial charge is 0.0700 e. The maximum Gasteiger partial charge on any atom is 0.0700 e. The number of rotatable bonds is 11. The number of hydrogen-bond acceptors (Lipinski definition) is 3. The van der Waals surface area contributed by atoms with Crippen LogP contribution < -0.4 is 5.32 Å². The molecule has 0 aliphatic heterocycles. The van der Waals surface area contributed by atoms with Gasteiger partial charge in [0.05, 0.1) is 13.2 Å². The fraction of sp³-hybridized carbons (Fsp3) is 0.733. The second-order valence-electron chi connectivity index (χ2n) is 4.82. The zero-order valence-electron chi connectivity index (χ0n) is 12.5.